The molecule has 0 saturated heterocycles. The second kappa shape index (κ2) is 8.79. The fourth-order valence-electron chi connectivity index (χ4n) is 2.28. The van der Waals surface area contributed by atoms with Gasteiger partial charge >= 0.3 is 5.97 Å². The maximum absolute atomic E-state index is 12.2. The summed E-state index contributed by atoms with van der Waals surface area (Å²) >= 11 is 0. The number of carbonyl (C=O) groups excluding carboxylic acids is 2. The summed E-state index contributed by atoms with van der Waals surface area (Å²) in [5.74, 6) is -1.35. The van der Waals surface area contributed by atoms with Crippen LogP contribution in [0.15, 0.2) is 53.4 Å². The lowest BCUT2D eigenvalue weighted by molar-refractivity contribution is -0.148. The number of esters is 1. The lowest BCUT2D eigenvalue weighted by Gasteiger charge is -2.14. The van der Waals surface area contributed by atoms with Crippen molar-refractivity contribution in [2.24, 2.45) is 0 Å². The Morgan fingerprint density at radius 1 is 1.04 bits per heavy atom. The maximum Gasteiger partial charge on any atom is 0.324 e. The first-order valence-electron chi connectivity index (χ1n) is 8.31. The van der Waals surface area contributed by atoms with E-state index in [1.807, 2.05) is 26.0 Å². The van der Waals surface area contributed by atoms with E-state index in [1.54, 1.807) is 24.3 Å². The number of amides is 1. The molecule has 144 valence electrons. The highest BCUT2D eigenvalue weighted by atomic mass is 32.2. The van der Waals surface area contributed by atoms with E-state index in [1.165, 1.54) is 19.1 Å². The van der Waals surface area contributed by atoms with Crippen LogP contribution in [0.2, 0.25) is 0 Å². The molecule has 2 aromatic carbocycles. The van der Waals surface area contributed by atoms with Crippen LogP contribution in [-0.4, -0.2) is 32.9 Å². The normalized spacial score (nSPS) is 12.3. The number of rotatable bonds is 7. The largest absolute Gasteiger partial charge is 0.454 e. The van der Waals surface area contributed by atoms with Crippen LogP contribution in [0.25, 0.3) is 0 Å². The van der Waals surface area contributed by atoms with Gasteiger partial charge in [0.05, 0.1) is 4.90 Å². The van der Waals surface area contributed by atoms with E-state index in [0.717, 1.165) is 11.1 Å². The van der Waals surface area contributed by atoms with Gasteiger partial charge < -0.3 is 10.1 Å². The molecule has 27 heavy (non-hydrogen) atoms. The summed E-state index contributed by atoms with van der Waals surface area (Å²) in [6.45, 7) is 4.64. The van der Waals surface area contributed by atoms with Crippen LogP contribution in [0.5, 0.6) is 0 Å². The van der Waals surface area contributed by atoms with E-state index in [-0.39, 0.29) is 4.90 Å². The van der Waals surface area contributed by atoms with Crippen LogP contribution < -0.4 is 10.0 Å². The van der Waals surface area contributed by atoms with Crippen molar-refractivity contribution in [3.63, 3.8) is 0 Å². The van der Waals surface area contributed by atoms with Gasteiger partial charge in [0.2, 0.25) is 10.0 Å². The first kappa shape index (κ1) is 20.6. The molecule has 0 bridgehead atoms. The molecule has 1 amide bonds. The minimum atomic E-state index is -3.85. The minimum Gasteiger partial charge on any atom is -0.454 e. The Kier molecular flexibility index (Phi) is 6.70. The third-order valence-corrected chi connectivity index (χ3v) is 5.52. The summed E-state index contributed by atoms with van der Waals surface area (Å²) in [4.78, 5) is 24.0. The van der Waals surface area contributed by atoms with Gasteiger partial charge in [-0.3, -0.25) is 9.59 Å². The van der Waals surface area contributed by atoms with Crippen LogP contribution in [-0.2, 0) is 24.3 Å². The predicted molar refractivity (Wildman–Crippen MR) is 102 cm³/mol. The fourth-order valence-corrected chi connectivity index (χ4v) is 3.50. The number of benzene rings is 2. The summed E-state index contributed by atoms with van der Waals surface area (Å²) in [7, 11) is -3.85. The SMILES string of the molecule is Cc1cccc(NC(=O)COC(=O)C(C)NS(=O)(=O)c2ccccc2)c1C. The Morgan fingerprint density at radius 3 is 2.37 bits per heavy atom. The molecule has 1 unspecified atom stereocenters. The Morgan fingerprint density at radius 2 is 1.70 bits per heavy atom. The topological polar surface area (TPSA) is 102 Å². The number of hydrogen-bond acceptors (Lipinski definition) is 5. The highest BCUT2D eigenvalue weighted by Gasteiger charge is 2.23. The third kappa shape index (κ3) is 5.63. The molecule has 0 fully saturated rings. The smallest absolute Gasteiger partial charge is 0.324 e. The Labute approximate surface area is 158 Å². The molecule has 2 aromatic rings. The Hall–Kier alpha value is -2.71. The van der Waals surface area contributed by atoms with E-state index in [2.05, 4.69) is 10.0 Å². The zero-order valence-corrected chi connectivity index (χ0v) is 16.2. The van der Waals surface area contributed by atoms with Gasteiger partial charge in [0.15, 0.2) is 6.61 Å². The van der Waals surface area contributed by atoms with Crippen LogP contribution in [0.4, 0.5) is 5.69 Å². The van der Waals surface area contributed by atoms with Crippen molar-refractivity contribution < 1.29 is 22.7 Å². The van der Waals surface area contributed by atoms with Crippen molar-refractivity contribution in [2.75, 3.05) is 11.9 Å². The molecule has 0 aliphatic rings. The quantitative estimate of drug-likeness (QED) is 0.706. The monoisotopic (exact) mass is 390 g/mol. The van der Waals surface area contributed by atoms with Crippen LogP contribution >= 0.6 is 0 Å². The van der Waals surface area contributed by atoms with Gasteiger partial charge in [-0.25, -0.2) is 8.42 Å². The van der Waals surface area contributed by atoms with E-state index < -0.39 is 34.5 Å². The molecule has 0 spiro atoms. The molecule has 2 rings (SSSR count). The third-order valence-electron chi connectivity index (χ3n) is 3.96. The summed E-state index contributed by atoms with van der Waals surface area (Å²) < 4.78 is 31.5. The second-order valence-electron chi connectivity index (χ2n) is 6.06. The minimum absolute atomic E-state index is 0.0392. The Balaban J connectivity index is 1.89. The van der Waals surface area contributed by atoms with Crippen molar-refractivity contribution in [2.45, 2.75) is 31.7 Å². The van der Waals surface area contributed by atoms with Gasteiger partial charge in [-0.1, -0.05) is 30.3 Å². The van der Waals surface area contributed by atoms with Gasteiger partial charge in [-0.05, 0) is 50.1 Å². The summed E-state index contributed by atoms with van der Waals surface area (Å²) in [5, 5.41) is 2.66. The average molecular weight is 390 g/mol. The summed E-state index contributed by atoms with van der Waals surface area (Å²) in [5.41, 5.74) is 2.57. The number of anilines is 1. The van der Waals surface area contributed by atoms with Gasteiger partial charge in [-0.2, -0.15) is 4.72 Å². The molecule has 0 aliphatic carbocycles. The van der Waals surface area contributed by atoms with Gasteiger partial charge in [0.1, 0.15) is 6.04 Å². The molecule has 8 heteroatoms. The number of sulfonamides is 1. The highest BCUT2D eigenvalue weighted by Crippen LogP contribution is 2.17. The standard InChI is InChI=1S/C19H22N2O5S/c1-13-8-7-11-17(14(13)2)20-18(22)12-26-19(23)15(3)21-27(24,25)16-9-5-4-6-10-16/h4-11,15,21H,12H2,1-3H3,(H,20,22). The number of ether oxygens (including phenoxy) is 1. The van der Waals surface area contributed by atoms with Gasteiger partial charge in [-0.15, -0.1) is 0 Å². The van der Waals surface area contributed by atoms with Crippen molar-refractivity contribution in [1.82, 2.24) is 4.72 Å². The van der Waals surface area contributed by atoms with Crippen molar-refractivity contribution >= 4 is 27.6 Å². The number of nitrogens with one attached hydrogen (secondary N) is 2. The second-order valence-corrected chi connectivity index (χ2v) is 7.77. The molecule has 0 aliphatic heterocycles. The molecule has 0 radical (unpaired) electrons. The van der Waals surface area contributed by atoms with Crippen LogP contribution in [0.1, 0.15) is 18.1 Å². The first-order valence-corrected chi connectivity index (χ1v) is 9.79. The Bertz CT molecular complexity index is 926. The maximum atomic E-state index is 12.2. The van der Waals surface area contributed by atoms with Gasteiger partial charge in [0, 0.05) is 5.69 Å². The van der Waals surface area contributed by atoms with Crippen LogP contribution in [0, 0.1) is 13.8 Å². The highest BCUT2D eigenvalue weighted by molar-refractivity contribution is 7.89. The molecule has 0 saturated carbocycles. The summed E-state index contributed by atoms with van der Waals surface area (Å²) in [6.07, 6.45) is 0. The van der Waals surface area contributed by atoms with Crippen molar-refractivity contribution in [3.8, 4) is 0 Å². The molecule has 0 aromatic heterocycles. The average Bonchev–Trinajstić information content (AvgIpc) is 2.64. The summed E-state index contributed by atoms with van der Waals surface area (Å²) in [6, 6.07) is 12.0. The zero-order chi connectivity index (χ0) is 20.0. The molecular weight excluding hydrogens is 368 g/mol. The first-order chi connectivity index (χ1) is 12.7. The lowest BCUT2D eigenvalue weighted by atomic mass is 10.1. The van der Waals surface area contributed by atoms with Gasteiger partial charge in [0.25, 0.3) is 5.91 Å². The predicted octanol–water partition coefficient (Wildman–Crippen LogP) is 2.15. The number of carbonyl (C=O) groups is 2. The van der Waals surface area contributed by atoms with Crippen molar-refractivity contribution in [1.29, 1.82) is 0 Å². The van der Waals surface area contributed by atoms with E-state index in [9.17, 15) is 18.0 Å². The van der Waals surface area contributed by atoms with Crippen molar-refractivity contribution in [3.05, 3.63) is 59.7 Å². The molecule has 2 N–H and O–H groups in total. The van der Waals surface area contributed by atoms with E-state index in [0.29, 0.717) is 5.69 Å². The lowest BCUT2D eigenvalue weighted by Crippen LogP contribution is -2.40. The molecular formula is C19H22N2O5S. The molecule has 7 nitrogen and oxygen atoms in total. The number of hydrogen-bond donors (Lipinski definition) is 2. The fraction of sp³-hybridized carbons (Fsp3) is 0.263. The molecule has 0 heterocycles. The molecule has 1 atom stereocenters. The van der Waals surface area contributed by atoms with E-state index >= 15 is 0 Å². The van der Waals surface area contributed by atoms with E-state index in [4.69, 9.17) is 4.74 Å². The van der Waals surface area contributed by atoms with Crippen LogP contribution in [0.3, 0.4) is 0 Å². The number of aryl methyl sites for hydroxylation is 1. The zero-order valence-electron chi connectivity index (χ0n) is 15.4.